The molecule has 0 aromatic carbocycles. The van der Waals surface area contributed by atoms with Gasteiger partial charge in [0, 0.05) is 0 Å². The van der Waals surface area contributed by atoms with Crippen molar-refractivity contribution in [3.8, 4) is 0 Å². The highest BCUT2D eigenvalue weighted by Gasteiger charge is 2.57. The van der Waals surface area contributed by atoms with Crippen LogP contribution in [-0.4, -0.2) is 0 Å². The molecule has 0 heteroatoms. The number of hydrogen-bond acceptors (Lipinski definition) is 0. The van der Waals surface area contributed by atoms with E-state index in [1.54, 1.807) is 0 Å². The van der Waals surface area contributed by atoms with Gasteiger partial charge in [0.1, 0.15) is 0 Å². The zero-order chi connectivity index (χ0) is 6.70. The van der Waals surface area contributed by atoms with Gasteiger partial charge >= 0.3 is 0 Å². The Labute approximate surface area is 57.0 Å². The maximum absolute atomic E-state index is 2.40. The van der Waals surface area contributed by atoms with Gasteiger partial charge in [-0.1, -0.05) is 32.9 Å². The maximum Gasteiger partial charge on any atom is -0.00839 e. The lowest BCUT2D eigenvalue weighted by molar-refractivity contribution is -0.0181. The van der Waals surface area contributed by atoms with Crippen molar-refractivity contribution < 1.29 is 0 Å². The molecule has 0 heterocycles. The highest BCUT2D eigenvalue weighted by atomic mass is 14.6. The summed E-state index contributed by atoms with van der Waals surface area (Å²) < 4.78 is 0. The zero-order valence-electron chi connectivity index (χ0n) is 6.44. The fourth-order valence-corrected chi connectivity index (χ4v) is 2.19. The van der Waals surface area contributed by atoms with Gasteiger partial charge in [-0.15, -0.1) is 0 Å². The third kappa shape index (κ3) is 0.385. The van der Waals surface area contributed by atoms with Crippen LogP contribution in [0.3, 0.4) is 0 Å². The lowest BCUT2D eigenvalue weighted by Gasteiger charge is -2.53. The van der Waals surface area contributed by atoms with Crippen LogP contribution in [0.1, 0.15) is 27.2 Å². The first-order valence-corrected chi connectivity index (χ1v) is 3.76. The molecule has 1 fully saturated rings. The van der Waals surface area contributed by atoms with Crippen LogP contribution in [0, 0.1) is 16.7 Å². The maximum atomic E-state index is 2.40. The van der Waals surface area contributed by atoms with Crippen molar-refractivity contribution in [2.45, 2.75) is 27.2 Å². The summed E-state index contributed by atoms with van der Waals surface area (Å²) in [5.41, 5.74) is 1.13. The zero-order valence-corrected chi connectivity index (χ0v) is 6.44. The lowest BCUT2D eigenvalue weighted by Crippen LogP contribution is -2.46. The molecule has 2 atom stereocenters. The summed E-state index contributed by atoms with van der Waals surface area (Å²) in [5.74, 6) is 0.891. The first-order chi connectivity index (χ1) is 4.06. The van der Waals surface area contributed by atoms with E-state index in [4.69, 9.17) is 0 Å². The van der Waals surface area contributed by atoms with Crippen molar-refractivity contribution in [1.29, 1.82) is 0 Å². The number of rotatable bonds is 0. The second-order valence-electron chi connectivity index (χ2n) is 4.31. The van der Waals surface area contributed by atoms with Gasteiger partial charge < -0.3 is 0 Å². The van der Waals surface area contributed by atoms with Crippen LogP contribution in [-0.2, 0) is 0 Å². The molecule has 3 rings (SSSR count). The molecule has 0 radical (unpaired) electrons. The molecule has 2 bridgehead atoms. The summed E-state index contributed by atoms with van der Waals surface area (Å²) in [6, 6.07) is 0. The topological polar surface area (TPSA) is 0 Å². The van der Waals surface area contributed by atoms with Crippen molar-refractivity contribution >= 4 is 0 Å². The Morgan fingerprint density at radius 1 is 1.33 bits per heavy atom. The van der Waals surface area contributed by atoms with Gasteiger partial charge in [0.05, 0.1) is 0 Å². The molecule has 9 heavy (non-hydrogen) atoms. The summed E-state index contributed by atoms with van der Waals surface area (Å²) in [5, 5.41) is 0. The van der Waals surface area contributed by atoms with Gasteiger partial charge in [0.15, 0.2) is 0 Å². The predicted octanol–water partition coefficient (Wildman–Crippen LogP) is 2.61. The van der Waals surface area contributed by atoms with Crippen LogP contribution in [0.4, 0.5) is 0 Å². The summed E-state index contributed by atoms with van der Waals surface area (Å²) in [7, 11) is 0. The minimum atomic E-state index is 0.553. The summed E-state index contributed by atoms with van der Waals surface area (Å²) in [6.07, 6.45) is 6.19. The molecule has 0 amide bonds. The van der Waals surface area contributed by atoms with Gasteiger partial charge in [-0.05, 0) is 23.2 Å². The van der Waals surface area contributed by atoms with E-state index in [0.717, 1.165) is 5.92 Å². The molecular formula is C9H14. The first-order valence-electron chi connectivity index (χ1n) is 3.76. The van der Waals surface area contributed by atoms with E-state index in [0.29, 0.717) is 10.8 Å². The summed E-state index contributed by atoms with van der Waals surface area (Å²) >= 11 is 0. The normalized spacial score (nSPS) is 51.2. The van der Waals surface area contributed by atoms with Gasteiger partial charge in [0.25, 0.3) is 0 Å². The molecule has 0 N–H and O–H groups in total. The van der Waals surface area contributed by atoms with Crippen LogP contribution in [0.15, 0.2) is 12.2 Å². The SMILES string of the molecule is CC12C=CC(C1)C2(C)C. The van der Waals surface area contributed by atoms with Gasteiger partial charge in [0.2, 0.25) is 0 Å². The monoisotopic (exact) mass is 122 g/mol. The molecule has 0 aromatic heterocycles. The second-order valence-corrected chi connectivity index (χ2v) is 4.31. The van der Waals surface area contributed by atoms with E-state index in [2.05, 4.69) is 32.9 Å². The molecule has 3 aliphatic rings. The Morgan fingerprint density at radius 2 is 2.00 bits per heavy atom. The van der Waals surface area contributed by atoms with Crippen molar-refractivity contribution in [2.75, 3.05) is 0 Å². The Balaban J connectivity index is 2.39. The third-order valence-electron chi connectivity index (χ3n) is 3.74. The Kier molecular flexibility index (Phi) is 0.685. The highest BCUT2D eigenvalue weighted by molar-refractivity contribution is 5.27. The predicted molar refractivity (Wildman–Crippen MR) is 39.1 cm³/mol. The van der Waals surface area contributed by atoms with Crippen LogP contribution >= 0.6 is 0 Å². The standard InChI is InChI=1S/C9H14/c1-8(2)7-4-5-9(8,3)6-7/h4-5,7H,6H2,1-3H3. The van der Waals surface area contributed by atoms with E-state index in [1.165, 1.54) is 6.42 Å². The largest absolute Gasteiger partial charge is 0.0843 e. The van der Waals surface area contributed by atoms with Gasteiger partial charge in [-0.2, -0.15) is 0 Å². The first kappa shape index (κ1) is 5.52. The second kappa shape index (κ2) is 1.12. The van der Waals surface area contributed by atoms with Crippen LogP contribution < -0.4 is 0 Å². The van der Waals surface area contributed by atoms with E-state index < -0.39 is 0 Å². The number of allylic oxidation sites excluding steroid dienone is 2. The third-order valence-corrected chi connectivity index (χ3v) is 3.74. The molecule has 3 aliphatic carbocycles. The van der Waals surface area contributed by atoms with Gasteiger partial charge in [-0.25, -0.2) is 0 Å². The molecule has 1 saturated carbocycles. The molecule has 0 aliphatic heterocycles. The van der Waals surface area contributed by atoms with Crippen LogP contribution in [0.25, 0.3) is 0 Å². The van der Waals surface area contributed by atoms with Crippen molar-refractivity contribution in [3.63, 3.8) is 0 Å². The lowest BCUT2D eigenvalue weighted by atomic mass is 9.51. The average molecular weight is 122 g/mol. The molecule has 50 valence electrons. The van der Waals surface area contributed by atoms with Crippen LogP contribution in [0.5, 0.6) is 0 Å². The quantitative estimate of drug-likeness (QED) is 0.433. The Hall–Kier alpha value is -0.260. The average Bonchev–Trinajstić information content (AvgIpc) is 2.21. The smallest absolute Gasteiger partial charge is 0.00839 e. The molecule has 0 nitrogen and oxygen atoms in total. The van der Waals surface area contributed by atoms with Crippen molar-refractivity contribution in [1.82, 2.24) is 0 Å². The van der Waals surface area contributed by atoms with Crippen molar-refractivity contribution in [2.24, 2.45) is 16.7 Å². The van der Waals surface area contributed by atoms with Gasteiger partial charge in [-0.3, -0.25) is 0 Å². The minimum Gasteiger partial charge on any atom is -0.0843 e. The highest BCUT2D eigenvalue weighted by Crippen LogP contribution is 2.66. The van der Waals surface area contributed by atoms with Crippen LogP contribution in [0.2, 0.25) is 0 Å². The van der Waals surface area contributed by atoms with E-state index in [-0.39, 0.29) is 0 Å². The molecular weight excluding hydrogens is 108 g/mol. The fourth-order valence-electron chi connectivity index (χ4n) is 2.19. The Morgan fingerprint density at radius 3 is 2.11 bits per heavy atom. The summed E-state index contributed by atoms with van der Waals surface area (Å²) in [4.78, 5) is 0. The van der Waals surface area contributed by atoms with E-state index in [9.17, 15) is 0 Å². The molecule has 0 saturated heterocycles. The summed E-state index contributed by atoms with van der Waals surface area (Å²) in [6.45, 7) is 7.12. The van der Waals surface area contributed by atoms with E-state index in [1.807, 2.05) is 0 Å². The Bertz CT molecular complexity index is 176. The fraction of sp³-hybridized carbons (Fsp3) is 0.778. The minimum absolute atomic E-state index is 0.553. The van der Waals surface area contributed by atoms with E-state index >= 15 is 0 Å². The molecule has 2 unspecified atom stereocenters. The molecule has 0 spiro atoms. The number of hydrogen-bond donors (Lipinski definition) is 0. The van der Waals surface area contributed by atoms with Crippen molar-refractivity contribution in [3.05, 3.63) is 12.2 Å². The molecule has 0 aromatic rings.